The van der Waals surface area contributed by atoms with Crippen molar-refractivity contribution in [3.63, 3.8) is 0 Å². The monoisotopic (exact) mass is 281 g/mol. The number of methoxy groups -OCH3 is 1. The number of amides is 1. The van der Waals surface area contributed by atoms with E-state index in [1.54, 1.807) is 12.0 Å². The lowest BCUT2D eigenvalue weighted by Gasteiger charge is -2.16. The first-order valence-corrected chi connectivity index (χ1v) is 6.63. The van der Waals surface area contributed by atoms with Crippen molar-refractivity contribution in [3.8, 4) is 0 Å². The zero-order chi connectivity index (χ0) is 14.5. The molecule has 1 amide bonds. The van der Waals surface area contributed by atoms with Crippen LogP contribution in [0.25, 0.3) is 0 Å². The molecule has 0 aliphatic carbocycles. The number of likely N-dealkylation sites (tertiary alicyclic amines) is 1. The zero-order valence-electron chi connectivity index (χ0n) is 11.5. The van der Waals surface area contributed by atoms with Crippen LogP contribution in [0.2, 0.25) is 0 Å². The Hall–Kier alpha value is -1.73. The van der Waals surface area contributed by atoms with Crippen molar-refractivity contribution in [1.82, 2.24) is 14.7 Å². The number of aliphatic hydroxyl groups excluding tert-OH is 1. The normalized spacial score (nSPS) is 18.5. The molecule has 2 rings (SSSR count). The van der Waals surface area contributed by atoms with Crippen LogP contribution in [-0.4, -0.2) is 59.1 Å². The minimum Gasteiger partial charge on any atom is -0.396 e. The van der Waals surface area contributed by atoms with Gasteiger partial charge in [0.1, 0.15) is 5.69 Å². The highest BCUT2D eigenvalue weighted by atomic mass is 16.5. The van der Waals surface area contributed by atoms with E-state index in [4.69, 9.17) is 9.84 Å². The van der Waals surface area contributed by atoms with Gasteiger partial charge in [-0.25, -0.2) is 4.68 Å². The lowest BCUT2D eigenvalue weighted by atomic mass is 10.1. The third kappa shape index (κ3) is 3.23. The second-order valence-corrected chi connectivity index (χ2v) is 4.86. The molecule has 0 aromatic carbocycles. The smallest absolute Gasteiger partial charge is 0.274 e. The first kappa shape index (κ1) is 14.7. The molecule has 1 N–H and O–H groups in total. The van der Waals surface area contributed by atoms with Gasteiger partial charge in [-0.1, -0.05) is 0 Å². The quantitative estimate of drug-likeness (QED) is 0.775. The van der Waals surface area contributed by atoms with E-state index in [2.05, 4.69) is 5.10 Å². The fraction of sp³-hybridized carbons (Fsp3) is 0.615. The van der Waals surface area contributed by atoms with Crippen LogP contribution in [0.15, 0.2) is 16.9 Å². The number of ether oxygens (including phenoxy) is 1. The van der Waals surface area contributed by atoms with E-state index in [0.717, 1.165) is 6.42 Å². The van der Waals surface area contributed by atoms with E-state index in [9.17, 15) is 9.59 Å². The Kier molecular flexibility index (Phi) is 4.86. The van der Waals surface area contributed by atoms with Gasteiger partial charge in [-0.15, -0.1) is 0 Å². The largest absolute Gasteiger partial charge is 0.396 e. The molecule has 1 fully saturated rings. The molecule has 2 heterocycles. The van der Waals surface area contributed by atoms with Crippen molar-refractivity contribution in [2.75, 3.05) is 33.4 Å². The summed E-state index contributed by atoms with van der Waals surface area (Å²) in [5.41, 5.74) is -0.00690. The van der Waals surface area contributed by atoms with E-state index in [0.29, 0.717) is 26.2 Å². The van der Waals surface area contributed by atoms with Gasteiger partial charge in [0.2, 0.25) is 0 Å². The molecule has 7 nitrogen and oxygen atoms in total. The summed E-state index contributed by atoms with van der Waals surface area (Å²) in [5, 5.41) is 13.2. The highest BCUT2D eigenvalue weighted by Gasteiger charge is 2.27. The third-order valence-electron chi connectivity index (χ3n) is 3.42. The average Bonchev–Trinajstić information content (AvgIpc) is 2.94. The summed E-state index contributed by atoms with van der Waals surface area (Å²) in [6, 6.07) is 2.79. The van der Waals surface area contributed by atoms with Crippen molar-refractivity contribution in [2.24, 2.45) is 5.92 Å². The summed E-state index contributed by atoms with van der Waals surface area (Å²) in [7, 11) is 1.54. The van der Waals surface area contributed by atoms with Crippen LogP contribution in [0.5, 0.6) is 0 Å². The van der Waals surface area contributed by atoms with Crippen molar-refractivity contribution in [3.05, 3.63) is 28.2 Å². The maximum absolute atomic E-state index is 12.3. The molecule has 0 radical (unpaired) electrons. The Balaban J connectivity index is 2.12. The number of aliphatic hydroxyl groups is 1. The van der Waals surface area contributed by atoms with Gasteiger partial charge in [0, 0.05) is 38.8 Å². The summed E-state index contributed by atoms with van der Waals surface area (Å²) >= 11 is 0. The molecular weight excluding hydrogens is 262 g/mol. The Labute approximate surface area is 116 Å². The standard InChI is InChI=1S/C13H19N3O4/c1-20-7-6-16-12(18)3-2-11(14-16)13(19)15-5-4-10(8-15)9-17/h2-3,10,17H,4-9H2,1H3. The first-order chi connectivity index (χ1) is 9.65. The van der Waals surface area contributed by atoms with Gasteiger partial charge < -0.3 is 14.7 Å². The molecule has 7 heteroatoms. The van der Waals surface area contributed by atoms with Gasteiger partial charge in [-0.2, -0.15) is 5.10 Å². The minimum atomic E-state index is -0.256. The molecule has 1 saturated heterocycles. The van der Waals surface area contributed by atoms with E-state index in [1.807, 2.05) is 0 Å². The second-order valence-electron chi connectivity index (χ2n) is 4.86. The molecular formula is C13H19N3O4. The Bertz CT molecular complexity index is 529. The van der Waals surface area contributed by atoms with E-state index in [1.165, 1.54) is 16.8 Å². The maximum Gasteiger partial charge on any atom is 0.274 e. The van der Waals surface area contributed by atoms with Gasteiger partial charge in [0.05, 0.1) is 13.2 Å². The van der Waals surface area contributed by atoms with Gasteiger partial charge in [-0.3, -0.25) is 9.59 Å². The van der Waals surface area contributed by atoms with E-state index >= 15 is 0 Å². The van der Waals surface area contributed by atoms with Crippen molar-refractivity contribution < 1.29 is 14.6 Å². The molecule has 1 aromatic heterocycles. The van der Waals surface area contributed by atoms with Gasteiger partial charge >= 0.3 is 0 Å². The minimum absolute atomic E-state index is 0.0878. The molecule has 1 aromatic rings. The third-order valence-corrected chi connectivity index (χ3v) is 3.42. The molecule has 110 valence electrons. The number of aromatic nitrogens is 2. The summed E-state index contributed by atoms with van der Waals surface area (Å²) < 4.78 is 6.14. The van der Waals surface area contributed by atoms with Crippen molar-refractivity contribution >= 4 is 5.91 Å². The zero-order valence-corrected chi connectivity index (χ0v) is 11.5. The van der Waals surface area contributed by atoms with Gasteiger partial charge in [0.15, 0.2) is 0 Å². The Morgan fingerprint density at radius 1 is 1.55 bits per heavy atom. The number of carbonyl (C=O) groups is 1. The molecule has 1 unspecified atom stereocenters. The Morgan fingerprint density at radius 2 is 2.35 bits per heavy atom. The molecule has 0 saturated carbocycles. The van der Waals surface area contributed by atoms with Crippen LogP contribution in [0.4, 0.5) is 0 Å². The summed E-state index contributed by atoms with van der Waals surface area (Å²) in [4.78, 5) is 25.5. The van der Waals surface area contributed by atoms with Crippen LogP contribution < -0.4 is 5.56 Å². The second kappa shape index (κ2) is 6.62. The number of hydrogen-bond donors (Lipinski definition) is 1. The predicted octanol–water partition coefficient (Wildman–Crippen LogP) is -0.656. The SMILES string of the molecule is COCCn1nc(C(=O)N2CCC(CO)C2)ccc1=O. The van der Waals surface area contributed by atoms with Crippen LogP contribution >= 0.6 is 0 Å². The fourth-order valence-corrected chi connectivity index (χ4v) is 2.23. The summed E-state index contributed by atoms with van der Waals surface area (Å²) in [6.07, 6.45) is 0.797. The van der Waals surface area contributed by atoms with Gasteiger partial charge in [0.25, 0.3) is 11.5 Å². The molecule has 0 spiro atoms. The van der Waals surface area contributed by atoms with Gasteiger partial charge in [-0.05, 0) is 12.5 Å². The highest BCUT2D eigenvalue weighted by Crippen LogP contribution is 2.17. The number of carbonyl (C=O) groups excluding carboxylic acids is 1. The molecule has 1 aliphatic heterocycles. The average molecular weight is 281 g/mol. The number of hydrogen-bond acceptors (Lipinski definition) is 5. The molecule has 0 bridgehead atoms. The number of rotatable bonds is 5. The topological polar surface area (TPSA) is 84.7 Å². The molecule has 20 heavy (non-hydrogen) atoms. The first-order valence-electron chi connectivity index (χ1n) is 6.63. The number of nitrogens with zero attached hydrogens (tertiary/aromatic N) is 3. The van der Waals surface area contributed by atoms with Crippen LogP contribution in [-0.2, 0) is 11.3 Å². The predicted molar refractivity (Wildman–Crippen MR) is 71.5 cm³/mol. The lowest BCUT2D eigenvalue weighted by molar-refractivity contribution is 0.0772. The highest BCUT2D eigenvalue weighted by molar-refractivity contribution is 5.92. The summed E-state index contributed by atoms with van der Waals surface area (Å²) in [5.74, 6) is -0.0644. The Morgan fingerprint density at radius 3 is 3.00 bits per heavy atom. The van der Waals surface area contributed by atoms with Crippen LogP contribution in [0.3, 0.4) is 0 Å². The maximum atomic E-state index is 12.3. The summed E-state index contributed by atoms with van der Waals surface area (Å²) in [6.45, 7) is 1.91. The van der Waals surface area contributed by atoms with Crippen LogP contribution in [0.1, 0.15) is 16.9 Å². The van der Waals surface area contributed by atoms with Crippen LogP contribution in [0, 0.1) is 5.92 Å². The van der Waals surface area contributed by atoms with Crippen molar-refractivity contribution in [1.29, 1.82) is 0 Å². The van der Waals surface area contributed by atoms with E-state index < -0.39 is 0 Å². The fourth-order valence-electron chi connectivity index (χ4n) is 2.23. The lowest BCUT2D eigenvalue weighted by Crippen LogP contribution is -2.33. The molecule has 1 aliphatic rings. The van der Waals surface area contributed by atoms with Crippen molar-refractivity contribution in [2.45, 2.75) is 13.0 Å². The van der Waals surface area contributed by atoms with E-state index in [-0.39, 0.29) is 29.7 Å². The molecule has 1 atom stereocenters.